The molecule has 12 nitrogen and oxygen atoms in total. The lowest BCUT2D eigenvalue weighted by Gasteiger charge is -2.32. The van der Waals surface area contributed by atoms with Crippen molar-refractivity contribution >= 4 is 34.6 Å². The molecule has 3 N–H and O–H groups in total. The standard InChI is InChI=1S/C30H36F4N6O6/c1-38(2)24(41)9-5-6-11-29(13-15-46-4,37-28(44)45)27(43)35-21-8-7-14-40(26(21)42)18-23-36-25-19(10-12-30(32,33)34)16-20(31)17-22(25)39(23)3/h5,7-9,14,16-17,37H,6,10-13,15,18H2,1-4H3,(H,35,43)(H,44,45)/b9-5+. The molecule has 46 heavy (non-hydrogen) atoms. The first-order chi connectivity index (χ1) is 21.6. The number of aromatic nitrogens is 3. The lowest BCUT2D eigenvalue weighted by molar-refractivity contribution is -0.134. The molecule has 0 radical (unpaired) electrons. The van der Waals surface area contributed by atoms with E-state index in [1.165, 1.54) is 58.7 Å². The van der Waals surface area contributed by atoms with Gasteiger partial charge in [-0.15, -0.1) is 0 Å². The van der Waals surface area contributed by atoms with E-state index in [-0.39, 0.29) is 66.4 Å². The first kappa shape index (κ1) is 35.7. The number of amides is 3. The zero-order valence-electron chi connectivity index (χ0n) is 25.8. The number of allylic oxidation sites excluding steroid dienone is 1. The third kappa shape index (κ3) is 9.15. The van der Waals surface area contributed by atoms with Crippen molar-refractivity contribution in [2.45, 2.75) is 50.4 Å². The Bertz CT molecular complexity index is 1670. The quantitative estimate of drug-likeness (QED) is 0.177. The second kappa shape index (κ2) is 15.0. The number of aryl methyl sites for hydroxylation is 2. The predicted octanol–water partition coefficient (Wildman–Crippen LogP) is 3.82. The maximum atomic E-state index is 14.3. The molecule has 0 aliphatic rings. The number of halogens is 4. The van der Waals surface area contributed by atoms with E-state index >= 15 is 0 Å². The van der Waals surface area contributed by atoms with Crippen molar-refractivity contribution in [1.82, 2.24) is 24.3 Å². The monoisotopic (exact) mass is 652 g/mol. The zero-order valence-corrected chi connectivity index (χ0v) is 25.8. The number of hydrogen-bond acceptors (Lipinski definition) is 6. The number of imidazole rings is 1. The average molecular weight is 653 g/mol. The second-order valence-corrected chi connectivity index (χ2v) is 10.9. The molecule has 0 aliphatic heterocycles. The van der Waals surface area contributed by atoms with Gasteiger partial charge >= 0.3 is 12.3 Å². The van der Waals surface area contributed by atoms with E-state index in [2.05, 4.69) is 15.6 Å². The summed E-state index contributed by atoms with van der Waals surface area (Å²) in [5, 5.41) is 14.3. The SMILES string of the molecule is COCCC(CC/C=C/C(=O)N(C)C)(NC(=O)O)C(=O)Nc1cccn(Cc2nc3c(CCC(F)(F)F)cc(F)cc3n2C)c1=O. The lowest BCUT2D eigenvalue weighted by atomic mass is 9.88. The van der Waals surface area contributed by atoms with Crippen LogP contribution in [-0.2, 0) is 34.3 Å². The Morgan fingerprint density at radius 1 is 1.15 bits per heavy atom. The van der Waals surface area contributed by atoms with Crippen LogP contribution in [-0.4, -0.2) is 81.6 Å². The molecular weight excluding hydrogens is 616 g/mol. The predicted molar refractivity (Wildman–Crippen MR) is 161 cm³/mol. The summed E-state index contributed by atoms with van der Waals surface area (Å²) in [5.41, 5.74) is -2.12. The number of methoxy groups -OCH3 is 1. The lowest BCUT2D eigenvalue weighted by Crippen LogP contribution is -2.57. The van der Waals surface area contributed by atoms with E-state index in [1.54, 1.807) is 14.1 Å². The number of carbonyl (C=O) groups is 3. The number of pyridine rings is 1. The van der Waals surface area contributed by atoms with E-state index in [1.807, 2.05) is 0 Å². The second-order valence-electron chi connectivity index (χ2n) is 10.9. The summed E-state index contributed by atoms with van der Waals surface area (Å²) in [7, 11) is 6.04. The fraction of sp³-hybridized carbons (Fsp3) is 0.433. The molecule has 0 saturated carbocycles. The molecule has 0 bridgehead atoms. The van der Waals surface area contributed by atoms with Crippen LogP contribution in [0.15, 0.2) is 47.4 Å². The number of ether oxygens (including phenoxy) is 1. The largest absolute Gasteiger partial charge is 0.465 e. The van der Waals surface area contributed by atoms with Gasteiger partial charge in [-0.25, -0.2) is 14.2 Å². The van der Waals surface area contributed by atoms with Gasteiger partial charge in [-0.05, 0) is 55.2 Å². The van der Waals surface area contributed by atoms with Crippen LogP contribution >= 0.6 is 0 Å². The molecule has 2 aromatic heterocycles. The molecule has 1 atom stereocenters. The number of hydrogen-bond donors (Lipinski definition) is 3. The molecule has 3 aromatic rings. The highest BCUT2D eigenvalue weighted by molar-refractivity contribution is 5.99. The number of nitrogens with zero attached hydrogens (tertiary/aromatic N) is 4. The van der Waals surface area contributed by atoms with Gasteiger partial charge in [0, 0.05) is 53.9 Å². The van der Waals surface area contributed by atoms with Crippen molar-refractivity contribution in [2.75, 3.05) is 33.1 Å². The molecule has 2 heterocycles. The molecule has 0 aliphatic carbocycles. The smallest absolute Gasteiger partial charge is 0.405 e. The molecule has 0 saturated heterocycles. The van der Waals surface area contributed by atoms with Crippen molar-refractivity contribution in [3.63, 3.8) is 0 Å². The summed E-state index contributed by atoms with van der Waals surface area (Å²) in [6.07, 6.45) is -3.40. The van der Waals surface area contributed by atoms with Crippen LogP contribution in [0, 0.1) is 5.82 Å². The van der Waals surface area contributed by atoms with Gasteiger partial charge in [-0.1, -0.05) is 6.08 Å². The first-order valence-corrected chi connectivity index (χ1v) is 14.2. The van der Waals surface area contributed by atoms with E-state index in [4.69, 9.17) is 4.74 Å². The summed E-state index contributed by atoms with van der Waals surface area (Å²) in [4.78, 5) is 56.5. The Morgan fingerprint density at radius 2 is 1.87 bits per heavy atom. The molecule has 0 fully saturated rings. The van der Waals surface area contributed by atoms with Gasteiger partial charge in [0.15, 0.2) is 0 Å². The zero-order chi connectivity index (χ0) is 34.2. The Balaban J connectivity index is 1.92. The normalized spacial score (nSPS) is 13.1. The van der Waals surface area contributed by atoms with Gasteiger partial charge < -0.3 is 34.5 Å². The van der Waals surface area contributed by atoms with Crippen LogP contribution < -0.4 is 16.2 Å². The Hall–Kier alpha value is -4.73. The number of rotatable bonds is 14. The summed E-state index contributed by atoms with van der Waals surface area (Å²) < 4.78 is 60.7. The molecule has 3 rings (SSSR count). The average Bonchev–Trinajstić information content (AvgIpc) is 3.28. The van der Waals surface area contributed by atoms with Crippen molar-refractivity contribution in [2.24, 2.45) is 7.05 Å². The number of carbonyl (C=O) groups excluding carboxylic acids is 2. The van der Waals surface area contributed by atoms with Crippen molar-refractivity contribution in [1.29, 1.82) is 0 Å². The summed E-state index contributed by atoms with van der Waals surface area (Å²) in [6.45, 7) is -0.188. The van der Waals surface area contributed by atoms with Crippen molar-refractivity contribution in [3.8, 4) is 0 Å². The van der Waals surface area contributed by atoms with E-state index < -0.39 is 47.9 Å². The number of fused-ring (bicyclic) bond motifs is 1. The van der Waals surface area contributed by atoms with E-state index in [0.29, 0.717) is 0 Å². The number of benzene rings is 1. The van der Waals surface area contributed by atoms with Gasteiger partial charge in [0.2, 0.25) is 5.91 Å². The van der Waals surface area contributed by atoms with Crippen LogP contribution in [0.1, 0.15) is 37.1 Å². The van der Waals surface area contributed by atoms with E-state index in [0.717, 1.165) is 12.1 Å². The minimum atomic E-state index is -4.45. The first-order valence-electron chi connectivity index (χ1n) is 14.2. The van der Waals surface area contributed by atoms with Gasteiger partial charge in [0.1, 0.15) is 22.9 Å². The van der Waals surface area contributed by atoms with Crippen LogP contribution in [0.2, 0.25) is 0 Å². The van der Waals surface area contributed by atoms with Crippen LogP contribution in [0.5, 0.6) is 0 Å². The molecule has 250 valence electrons. The Labute approximate surface area is 261 Å². The van der Waals surface area contributed by atoms with Gasteiger partial charge in [0.05, 0.1) is 17.6 Å². The highest BCUT2D eigenvalue weighted by atomic mass is 19.4. The maximum absolute atomic E-state index is 14.3. The van der Waals surface area contributed by atoms with E-state index in [9.17, 15) is 41.8 Å². The van der Waals surface area contributed by atoms with Gasteiger partial charge in [-0.3, -0.25) is 14.4 Å². The molecule has 3 amide bonds. The highest BCUT2D eigenvalue weighted by Crippen LogP contribution is 2.27. The number of anilines is 1. The summed E-state index contributed by atoms with van der Waals surface area (Å²) in [5.74, 6) is -1.62. The number of nitrogens with one attached hydrogen (secondary N) is 2. The Morgan fingerprint density at radius 3 is 2.50 bits per heavy atom. The number of carboxylic acid groups (broad SMARTS) is 1. The Kier molecular flexibility index (Phi) is 11.7. The van der Waals surface area contributed by atoms with Gasteiger partial charge in [0.25, 0.3) is 11.5 Å². The molecule has 0 spiro atoms. The molecule has 1 aromatic carbocycles. The third-order valence-corrected chi connectivity index (χ3v) is 7.33. The number of likely N-dealkylation sites (N-methyl/N-ethyl adjacent to an activating group) is 1. The molecule has 1 unspecified atom stereocenters. The number of alkyl halides is 3. The molecular formula is C30H36F4N6O6. The summed E-state index contributed by atoms with van der Waals surface area (Å²) in [6, 6.07) is 4.94. The van der Waals surface area contributed by atoms with Crippen LogP contribution in [0.4, 0.5) is 28.0 Å². The van der Waals surface area contributed by atoms with Crippen molar-refractivity contribution in [3.05, 3.63) is 70.2 Å². The minimum Gasteiger partial charge on any atom is -0.465 e. The molecule has 16 heteroatoms. The fourth-order valence-corrected chi connectivity index (χ4v) is 4.80. The topological polar surface area (TPSA) is 148 Å². The highest BCUT2D eigenvalue weighted by Gasteiger charge is 2.39. The van der Waals surface area contributed by atoms with Crippen LogP contribution in [0.25, 0.3) is 11.0 Å². The minimum absolute atomic E-state index is 0.00860. The van der Waals surface area contributed by atoms with Crippen molar-refractivity contribution < 1.29 is 41.8 Å². The third-order valence-electron chi connectivity index (χ3n) is 7.33. The maximum Gasteiger partial charge on any atom is 0.405 e. The fourth-order valence-electron chi connectivity index (χ4n) is 4.80. The van der Waals surface area contributed by atoms with Gasteiger partial charge in [-0.2, -0.15) is 13.2 Å². The van der Waals surface area contributed by atoms with Crippen LogP contribution in [0.3, 0.4) is 0 Å². The summed E-state index contributed by atoms with van der Waals surface area (Å²) >= 11 is 0.